The quantitative estimate of drug-likeness (QED) is 0.829. The number of hydrogen-bond acceptors (Lipinski definition) is 3. The Hall–Kier alpha value is -1.39. The number of likely N-dealkylation sites (N-methyl/N-ethyl adjacent to an activating group) is 1. The molecule has 1 aromatic rings. The van der Waals surface area contributed by atoms with Gasteiger partial charge in [-0.1, -0.05) is 37.3 Å². The monoisotopic (exact) mass is 329 g/mol. The van der Waals surface area contributed by atoms with Gasteiger partial charge in [-0.3, -0.25) is 4.79 Å². The molecular weight excluding hydrogens is 298 g/mol. The highest BCUT2D eigenvalue weighted by Crippen LogP contribution is 2.34. The van der Waals surface area contributed by atoms with E-state index in [1.54, 1.807) is 0 Å². The standard InChI is InChI=1S/C20H31N3O/c1-20(18-7-4-3-5-8-18)10-9-19(24)23(17-20)12-6-11-22-15-13-21(2)14-16-22/h3-5,7-8H,6,9-17H2,1-2H3/t20-/m0/s1. The summed E-state index contributed by atoms with van der Waals surface area (Å²) in [6.07, 6.45) is 2.73. The Morgan fingerprint density at radius 2 is 1.75 bits per heavy atom. The molecule has 4 nitrogen and oxygen atoms in total. The minimum absolute atomic E-state index is 0.100. The topological polar surface area (TPSA) is 26.8 Å². The molecule has 0 radical (unpaired) electrons. The van der Waals surface area contributed by atoms with Crippen molar-refractivity contribution in [2.45, 2.75) is 31.6 Å². The summed E-state index contributed by atoms with van der Waals surface area (Å²) in [6.45, 7) is 9.82. The van der Waals surface area contributed by atoms with E-state index >= 15 is 0 Å². The molecule has 2 saturated heterocycles. The number of piperazine rings is 1. The van der Waals surface area contributed by atoms with Gasteiger partial charge in [0.2, 0.25) is 5.91 Å². The fourth-order valence-electron chi connectivity index (χ4n) is 3.97. The van der Waals surface area contributed by atoms with Crippen LogP contribution in [0.3, 0.4) is 0 Å². The lowest BCUT2D eigenvalue weighted by molar-refractivity contribution is -0.135. The van der Waals surface area contributed by atoms with Gasteiger partial charge in [0.1, 0.15) is 0 Å². The summed E-state index contributed by atoms with van der Waals surface area (Å²) in [4.78, 5) is 19.4. The highest BCUT2D eigenvalue weighted by molar-refractivity contribution is 5.77. The zero-order valence-corrected chi connectivity index (χ0v) is 15.2. The van der Waals surface area contributed by atoms with E-state index < -0.39 is 0 Å². The van der Waals surface area contributed by atoms with Gasteiger partial charge in [0.05, 0.1) is 0 Å². The summed E-state index contributed by atoms with van der Waals surface area (Å²) in [5.41, 5.74) is 1.46. The van der Waals surface area contributed by atoms with Crippen LogP contribution in [0, 0.1) is 0 Å². The Morgan fingerprint density at radius 1 is 1.04 bits per heavy atom. The van der Waals surface area contributed by atoms with Crippen LogP contribution in [0.2, 0.25) is 0 Å². The molecule has 0 unspecified atom stereocenters. The molecule has 1 amide bonds. The van der Waals surface area contributed by atoms with Crippen LogP contribution in [0.15, 0.2) is 30.3 Å². The lowest BCUT2D eigenvalue weighted by Crippen LogP contribution is -2.49. The molecule has 0 aliphatic carbocycles. The smallest absolute Gasteiger partial charge is 0.222 e. The van der Waals surface area contributed by atoms with E-state index in [1.807, 2.05) is 0 Å². The van der Waals surface area contributed by atoms with Crippen molar-refractivity contribution in [2.24, 2.45) is 0 Å². The van der Waals surface area contributed by atoms with Crippen LogP contribution >= 0.6 is 0 Å². The molecule has 132 valence electrons. The van der Waals surface area contributed by atoms with Gasteiger partial charge in [-0.15, -0.1) is 0 Å². The maximum atomic E-state index is 12.3. The Kier molecular flexibility index (Phi) is 5.57. The highest BCUT2D eigenvalue weighted by atomic mass is 16.2. The number of piperidine rings is 1. The van der Waals surface area contributed by atoms with Crippen LogP contribution < -0.4 is 0 Å². The van der Waals surface area contributed by atoms with E-state index in [2.05, 4.69) is 59.0 Å². The molecule has 2 aliphatic heterocycles. The van der Waals surface area contributed by atoms with Crippen molar-refractivity contribution in [1.29, 1.82) is 0 Å². The second-order valence-electron chi connectivity index (χ2n) is 7.74. The summed E-state index contributed by atoms with van der Waals surface area (Å²) in [7, 11) is 2.19. The second kappa shape index (κ2) is 7.66. The average Bonchev–Trinajstić information content (AvgIpc) is 2.61. The SMILES string of the molecule is CN1CCN(CCCN2C[C@@](C)(c3ccccc3)CCC2=O)CC1. The molecule has 2 aliphatic rings. The molecule has 0 bridgehead atoms. The van der Waals surface area contributed by atoms with Gasteiger partial charge in [0.15, 0.2) is 0 Å². The van der Waals surface area contributed by atoms with Crippen molar-refractivity contribution in [3.63, 3.8) is 0 Å². The number of benzene rings is 1. The molecule has 2 fully saturated rings. The molecule has 1 atom stereocenters. The highest BCUT2D eigenvalue weighted by Gasteiger charge is 2.35. The van der Waals surface area contributed by atoms with Crippen molar-refractivity contribution < 1.29 is 4.79 Å². The van der Waals surface area contributed by atoms with Gasteiger partial charge in [0.25, 0.3) is 0 Å². The molecule has 3 rings (SSSR count). The summed E-state index contributed by atoms with van der Waals surface area (Å²) < 4.78 is 0. The third-order valence-electron chi connectivity index (χ3n) is 5.75. The number of likely N-dealkylation sites (tertiary alicyclic amines) is 1. The molecule has 1 aromatic carbocycles. The van der Waals surface area contributed by atoms with Gasteiger partial charge >= 0.3 is 0 Å². The van der Waals surface area contributed by atoms with Crippen LogP contribution in [0.1, 0.15) is 31.7 Å². The lowest BCUT2D eigenvalue weighted by Gasteiger charge is -2.41. The van der Waals surface area contributed by atoms with Crippen molar-refractivity contribution in [1.82, 2.24) is 14.7 Å². The van der Waals surface area contributed by atoms with Gasteiger partial charge in [-0.2, -0.15) is 0 Å². The van der Waals surface area contributed by atoms with Gasteiger partial charge in [-0.05, 0) is 32.0 Å². The van der Waals surface area contributed by atoms with E-state index in [1.165, 1.54) is 5.56 Å². The molecule has 0 spiro atoms. The molecule has 0 saturated carbocycles. The van der Waals surface area contributed by atoms with Crippen LogP contribution in [-0.4, -0.2) is 73.5 Å². The zero-order chi connectivity index (χ0) is 17.0. The summed E-state index contributed by atoms with van der Waals surface area (Å²) in [6, 6.07) is 10.7. The van der Waals surface area contributed by atoms with E-state index in [9.17, 15) is 4.79 Å². The number of carbonyl (C=O) groups excluding carboxylic acids is 1. The second-order valence-corrected chi connectivity index (χ2v) is 7.74. The predicted molar refractivity (Wildman–Crippen MR) is 98.2 cm³/mol. The Bertz CT molecular complexity index is 539. The van der Waals surface area contributed by atoms with Gasteiger partial charge in [0, 0.05) is 51.1 Å². The number of rotatable bonds is 5. The fourth-order valence-corrected chi connectivity index (χ4v) is 3.97. The van der Waals surface area contributed by atoms with Crippen molar-refractivity contribution in [3.05, 3.63) is 35.9 Å². The van der Waals surface area contributed by atoms with E-state index in [-0.39, 0.29) is 5.41 Å². The van der Waals surface area contributed by atoms with Crippen LogP contribution in [0.4, 0.5) is 0 Å². The normalized spacial score (nSPS) is 26.8. The number of carbonyl (C=O) groups is 1. The number of amides is 1. The molecular formula is C20H31N3O. The maximum absolute atomic E-state index is 12.3. The zero-order valence-electron chi connectivity index (χ0n) is 15.2. The molecule has 0 aromatic heterocycles. The third-order valence-corrected chi connectivity index (χ3v) is 5.75. The Balaban J connectivity index is 1.52. The molecule has 2 heterocycles. The Labute approximate surface area is 146 Å². The first-order valence-corrected chi connectivity index (χ1v) is 9.31. The first kappa shape index (κ1) is 17.4. The molecule has 0 N–H and O–H groups in total. The van der Waals surface area contributed by atoms with Gasteiger partial charge < -0.3 is 14.7 Å². The third kappa shape index (κ3) is 4.17. The largest absolute Gasteiger partial charge is 0.342 e. The van der Waals surface area contributed by atoms with Crippen molar-refractivity contribution >= 4 is 5.91 Å². The van der Waals surface area contributed by atoms with E-state index in [4.69, 9.17) is 0 Å². The molecule has 24 heavy (non-hydrogen) atoms. The first-order chi connectivity index (χ1) is 11.6. The van der Waals surface area contributed by atoms with Crippen LogP contribution in [0.5, 0.6) is 0 Å². The summed E-state index contributed by atoms with van der Waals surface area (Å²) >= 11 is 0. The van der Waals surface area contributed by atoms with E-state index in [0.717, 1.165) is 58.7 Å². The minimum atomic E-state index is 0.100. The van der Waals surface area contributed by atoms with Crippen molar-refractivity contribution in [2.75, 3.05) is 52.9 Å². The summed E-state index contributed by atoms with van der Waals surface area (Å²) in [5.74, 6) is 0.335. The predicted octanol–water partition coefficient (Wildman–Crippen LogP) is 2.20. The van der Waals surface area contributed by atoms with Gasteiger partial charge in [-0.25, -0.2) is 0 Å². The first-order valence-electron chi connectivity index (χ1n) is 9.31. The van der Waals surface area contributed by atoms with Crippen molar-refractivity contribution in [3.8, 4) is 0 Å². The summed E-state index contributed by atoms with van der Waals surface area (Å²) in [5, 5.41) is 0. The number of hydrogen-bond donors (Lipinski definition) is 0. The Morgan fingerprint density at radius 3 is 2.46 bits per heavy atom. The van der Waals surface area contributed by atoms with Crippen LogP contribution in [-0.2, 0) is 10.2 Å². The maximum Gasteiger partial charge on any atom is 0.222 e. The average molecular weight is 329 g/mol. The minimum Gasteiger partial charge on any atom is -0.342 e. The van der Waals surface area contributed by atoms with Crippen LogP contribution in [0.25, 0.3) is 0 Å². The number of nitrogens with zero attached hydrogens (tertiary/aromatic N) is 3. The lowest BCUT2D eigenvalue weighted by atomic mass is 9.75. The fraction of sp³-hybridized carbons (Fsp3) is 0.650. The van der Waals surface area contributed by atoms with E-state index in [0.29, 0.717) is 12.3 Å². The molecule has 4 heteroatoms.